The second kappa shape index (κ2) is 12.7. The molecule has 0 aliphatic heterocycles. The van der Waals surface area contributed by atoms with E-state index in [1.807, 2.05) is 0 Å². The van der Waals surface area contributed by atoms with Crippen LogP contribution in [0.4, 0.5) is 0 Å². The maximum atomic E-state index is 12.3. The molecule has 0 aromatic heterocycles. The summed E-state index contributed by atoms with van der Waals surface area (Å²) in [5.41, 5.74) is 0. The summed E-state index contributed by atoms with van der Waals surface area (Å²) in [7, 11) is 0. The Bertz CT molecular complexity index is 361. The van der Waals surface area contributed by atoms with Crippen molar-refractivity contribution in [2.75, 3.05) is 0 Å². The van der Waals surface area contributed by atoms with Crippen LogP contribution in [-0.4, -0.2) is 11.6 Å². The average molecular weight is 337 g/mol. The van der Waals surface area contributed by atoms with Gasteiger partial charge >= 0.3 is 0 Å². The van der Waals surface area contributed by atoms with Gasteiger partial charge in [0.15, 0.2) is 0 Å². The minimum absolute atomic E-state index is 0.171. The monoisotopic (exact) mass is 336 g/mol. The number of carbonyl (C=O) groups excluding carboxylic acids is 2. The largest absolute Gasteiger partial charge is 0.299 e. The zero-order valence-electron chi connectivity index (χ0n) is 16.4. The molecule has 0 bridgehead atoms. The maximum Gasteiger partial charge on any atom is 0.140 e. The van der Waals surface area contributed by atoms with Crippen molar-refractivity contribution in [3.8, 4) is 0 Å². The zero-order valence-corrected chi connectivity index (χ0v) is 16.4. The van der Waals surface area contributed by atoms with Crippen molar-refractivity contribution in [2.24, 2.45) is 17.8 Å². The molecule has 1 aliphatic carbocycles. The quantitative estimate of drug-likeness (QED) is 0.359. The second-order valence-corrected chi connectivity index (χ2v) is 8.19. The van der Waals surface area contributed by atoms with Gasteiger partial charge in [-0.1, -0.05) is 78.6 Å². The Hall–Kier alpha value is -0.660. The molecule has 1 saturated carbocycles. The molecular weight excluding hydrogens is 296 g/mol. The summed E-state index contributed by atoms with van der Waals surface area (Å²) >= 11 is 0. The van der Waals surface area contributed by atoms with Crippen LogP contribution < -0.4 is 0 Å². The number of hydrogen-bond acceptors (Lipinski definition) is 2. The van der Waals surface area contributed by atoms with Crippen molar-refractivity contribution >= 4 is 11.6 Å². The molecule has 0 spiro atoms. The van der Waals surface area contributed by atoms with Crippen molar-refractivity contribution in [2.45, 2.75) is 111 Å². The Labute approximate surface area is 150 Å². The van der Waals surface area contributed by atoms with Gasteiger partial charge in [0.2, 0.25) is 0 Å². The summed E-state index contributed by atoms with van der Waals surface area (Å²) < 4.78 is 0. The van der Waals surface area contributed by atoms with E-state index in [4.69, 9.17) is 0 Å². The molecule has 0 aromatic carbocycles. The smallest absolute Gasteiger partial charge is 0.140 e. The van der Waals surface area contributed by atoms with Crippen molar-refractivity contribution < 1.29 is 9.59 Å². The number of rotatable bonds is 13. The van der Waals surface area contributed by atoms with E-state index in [1.165, 1.54) is 57.8 Å². The minimum Gasteiger partial charge on any atom is -0.299 e. The Morgan fingerprint density at radius 1 is 0.917 bits per heavy atom. The van der Waals surface area contributed by atoms with Gasteiger partial charge in [0.1, 0.15) is 11.6 Å². The minimum atomic E-state index is 0.171. The lowest BCUT2D eigenvalue weighted by Gasteiger charge is -2.31. The molecule has 1 fully saturated rings. The van der Waals surface area contributed by atoms with Crippen LogP contribution in [0.15, 0.2) is 0 Å². The lowest BCUT2D eigenvalue weighted by molar-refractivity contribution is -0.128. The van der Waals surface area contributed by atoms with Gasteiger partial charge in [-0.3, -0.25) is 9.59 Å². The van der Waals surface area contributed by atoms with Crippen molar-refractivity contribution in [3.63, 3.8) is 0 Å². The van der Waals surface area contributed by atoms with Crippen LogP contribution in [0.3, 0.4) is 0 Å². The third kappa shape index (κ3) is 8.99. The first-order chi connectivity index (χ1) is 11.6. The molecule has 140 valence electrons. The Morgan fingerprint density at radius 3 is 2.29 bits per heavy atom. The number of hydrogen-bond donors (Lipinski definition) is 0. The summed E-state index contributed by atoms with van der Waals surface area (Å²) in [6.45, 7) is 6.71. The maximum absolute atomic E-state index is 12.3. The van der Waals surface area contributed by atoms with Gasteiger partial charge in [-0.25, -0.2) is 0 Å². The highest BCUT2D eigenvalue weighted by molar-refractivity contribution is 5.99. The predicted octanol–water partition coefficient (Wildman–Crippen LogP) is 6.51. The van der Waals surface area contributed by atoms with Crippen molar-refractivity contribution in [1.82, 2.24) is 0 Å². The van der Waals surface area contributed by atoms with E-state index in [0.29, 0.717) is 24.7 Å². The van der Waals surface area contributed by atoms with Gasteiger partial charge < -0.3 is 0 Å². The molecule has 1 rings (SSSR count). The molecule has 3 unspecified atom stereocenters. The number of Topliss-reactive ketones (excluding diaryl/α,β-unsaturated/α-hetero) is 2. The van der Waals surface area contributed by atoms with E-state index >= 15 is 0 Å². The molecular formula is C22H40O2. The van der Waals surface area contributed by atoms with E-state index in [9.17, 15) is 9.59 Å². The molecule has 0 N–H and O–H groups in total. The number of ketones is 2. The first-order valence-electron chi connectivity index (χ1n) is 10.6. The van der Waals surface area contributed by atoms with E-state index in [0.717, 1.165) is 18.8 Å². The van der Waals surface area contributed by atoms with Crippen LogP contribution in [-0.2, 0) is 9.59 Å². The van der Waals surface area contributed by atoms with Crippen LogP contribution in [0.25, 0.3) is 0 Å². The van der Waals surface area contributed by atoms with Gasteiger partial charge in [-0.05, 0) is 30.6 Å². The summed E-state index contributed by atoms with van der Waals surface area (Å²) in [5, 5.41) is 0. The van der Waals surface area contributed by atoms with Crippen LogP contribution in [0.2, 0.25) is 0 Å². The Morgan fingerprint density at radius 2 is 1.62 bits per heavy atom. The van der Waals surface area contributed by atoms with Gasteiger partial charge in [0.25, 0.3) is 0 Å². The molecule has 0 heterocycles. The highest BCUT2D eigenvalue weighted by Gasteiger charge is 2.27. The third-order valence-electron chi connectivity index (χ3n) is 5.81. The Kier molecular flexibility index (Phi) is 11.3. The fraction of sp³-hybridized carbons (Fsp3) is 0.909. The molecule has 2 nitrogen and oxygen atoms in total. The second-order valence-electron chi connectivity index (χ2n) is 8.19. The lowest BCUT2D eigenvalue weighted by Crippen LogP contribution is -2.23. The number of carbonyl (C=O) groups is 2. The molecule has 0 saturated heterocycles. The number of unbranched alkanes of at least 4 members (excludes halogenated alkanes) is 1. The first-order valence-corrected chi connectivity index (χ1v) is 10.6. The highest BCUT2D eigenvalue weighted by atomic mass is 16.1. The topological polar surface area (TPSA) is 34.1 Å². The molecule has 0 radical (unpaired) electrons. The first kappa shape index (κ1) is 21.4. The third-order valence-corrected chi connectivity index (χ3v) is 5.81. The SMILES string of the molecule is CCCCC1CCCCC1CC(=O)CC(=O)CCCC(C)CCC. The standard InChI is InChI=1S/C22H40O2/c1-4-6-12-19-13-7-8-14-20(19)16-22(24)17-21(23)15-9-11-18(3)10-5-2/h18-20H,4-17H2,1-3H3. The highest BCUT2D eigenvalue weighted by Crippen LogP contribution is 2.36. The normalized spacial score (nSPS) is 22.3. The van der Waals surface area contributed by atoms with Gasteiger partial charge in [0, 0.05) is 12.8 Å². The molecule has 1 aliphatic rings. The summed E-state index contributed by atoms with van der Waals surface area (Å²) in [5.74, 6) is 2.36. The van der Waals surface area contributed by atoms with Crippen LogP contribution in [0.5, 0.6) is 0 Å². The van der Waals surface area contributed by atoms with Crippen LogP contribution >= 0.6 is 0 Å². The zero-order chi connectivity index (χ0) is 17.8. The van der Waals surface area contributed by atoms with Crippen molar-refractivity contribution in [3.05, 3.63) is 0 Å². The molecule has 0 amide bonds. The lowest BCUT2D eigenvalue weighted by atomic mass is 9.74. The fourth-order valence-corrected chi connectivity index (χ4v) is 4.36. The summed E-state index contributed by atoms with van der Waals surface area (Å²) in [6.07, 6.45) is 14.9. The molecule has 0 aromatic rings. The Balaban J connectivity index is 2.26. The van der Waals surface area contributed by atoms with Gasteiger partial charge in [-0.2, -0.15) is 0 Å². The van der Waals surface area contributed by atoms with Crippen LogP contribution in [0, 0.1) is 17.8 Å². The molecule has 2 heteroatoms. The van der Waals surface area contributed by atoms with E-state index in [2.05, 4.69) is 20.8 Å². The molecule has 24 heavy (non-hydrogen) atoms. The van der Waals surface area contributed by atoms with Gasteiger partial charge in [0.05, 0.1) is 6.42 Å². The summed E-state index contributed by atoms with van der Waals surface area (Å²) in [6, 6.07) is 0. The van der Waals surface area contributed by atoms with E-state index in [-0.39, 0.29) is 18.0 Å². The van der Waals surface area contributed by atoms with E-state index < -0.39 is 0 Å². The molecule has 3 atom stereocenters. The predicted molar refractivity (Wildman–Crippen MR) is 102 cm³/mol. The van der Waals surface area contributed by atoms with E-state index in [1.54, 1.807) is 0 Å². The van der Waals surface area contributed by atoms with Gasteiger partial charge in [-0.15, -0.1) is 0 Å². The van der Waals surface area contributed by atoms with Crippen molar-refractivity contribution in [1.29, 1.82) is 0 Å². The summed E-state index contributed by atoms with van der Waals surface area (Å²) in [4.78, 5) is 24.4. The fourth-order valence-electron chi connectivity index (χ4n) is 4.36. The average Bonchev–Trinajstić information content (AvgIpc) is 2.54. The van der Waals surface area contributed by atoms with Crippen LogP contribution in [0.1, 0.15) is 111 Å².